The third-order valence-corrected chi connectivity index (χ3v) is 1.89. The number of nitrogens with zero attached hydrogens (tertiary/aromatic N) is 1. The number of aromatic nitrogens is 1. The van der Waals surface area contributed by atoms with Crippen LogP contribution in [0, 0.1) is 12.9 Å². The smallest absolute Gasteiger partial charge is 0.213 e. The van der Waals surface area contributed by atoms with E-state index in [1.165, 1.54) is 6.07 Å². The average molecular weight is 161 g/mol. The van der Waals surface area contributed by atoms with Gasteiger partial charge in [-0.05, 0) is 24.6 Å². The van der Waals surface area contributed by atoms with Crippen molar-refractivity contribution in [1.82, 2.24) is 4.98 Å². The summed E-state index contributed by atoms with van der Waals surface area (Å²) < 4.78 is 12.7. The van der Waals surface area contributed by atoms with E-state index >= 15 is 0 Å². The summed E-state index contributed by atoms with van der Waals surface area (Å²) in [6.45, 7) is 1.93. The summed E-state index contributed by atoms with van der Waals surface area (Å²) in [5.41, 5.74) is 1.75. The Labute approximate surface area is 69.9 Å². The van der Waals surface area contributed by atoms with Crippen LogP contribution in [-0.4, -0.2) is 4.98 Å². The summed E-state index contributed by atoms with van der Waals surface area (Å²) in [6, 6.07) is 8.91. The second kappa shape index (κ2) is 2.55. The lowest BCUT2D eigenvalue weighted by Gasteiger charge is -1.99. The highest BCUT2D eigenvalue weighted by atomic mass is 19.1. The SMILES string of the molecule is Cc1cccc2ccc(F)nc12. The van der Waals surface area contributed by atoms with Crippen molar-refractivity contribution in [3.63, 3.8) is 0 Å². The van der Waals surface area contributed by atoms with Crippen LogP contribution in [0.25, 0.3) is 10.9 Å². The zero-order valence-electron chi connectivity index (χ0n) is 6.71. The summed E-state index contributed by atoms with van der Waals surface area (Å²) >= 11 is 0. The number of para-hydroxylation sites is 1. The number of rotatable bonds is 0. The van der Waals surface area contributed by atoms with Gasteiger partial charge in [-0.3, -0.25) is 0 Å². The van der Waals surface area contributed by atoms with Gasteiger partial charge in [-0.15, -0.1) is 0 Å². The quantitative estimate of drug-likeness (QED) is 0.541. The van der Waals surface area contributed by atoms with E-state index in [0.717, 1.165) is 16.5 Å². The Kier molecular flexibility index (Phi) is 1.54. The number of hydrogen-bond acceptors (Lipinski definition) is 1. The van der Waals surface area contributed by atoms with E-state index in [0.29, 0.717) is 0 Å². The lowest BCUT2D eigenvalue weighted by Crippen LogP contribution is -1.86. The Morgan fingerprint density at radius 3 is 2.83 bits per heavy atom. The molecule has 0 atom stereocenters. The van der Waals surface area contributed by atoms with Gasteiger partial charge >= 0.3 is 0 Å². The number of benzene rings is 1. The van der Waals surface area contributed by atoms with Crippen LogP contribution in [0.1, 0.15) is 5.56 Å². The summed E-state index contributed by atoms with van der Waals surface area (Å²) in [6.07, 6.45) is 0. The first-order valence-corrected chi connectivity index (χ1v) is 3.79. The number of fused-ring (bicyclic) bond motifs is 1. The molecule has 0 bridgehead atoms. The van der Waals surface area contributed by atoms with E-state index in [2.05, 4.69) is 4.98 Å². The molecule has 0 saturated heterocycles. The normalized spacial score (nSPS) is 10.5. The van der Waals surface area contributed by atoms with Crippen molar-refractivity contribution in [3.8, 4) is 0 Å². The average Bonchev–Trinajstić information content (AvgIpc) is 2.07. The molecule has 1 nitrogen and oxygen atoms in total. The molecule has 0 N–H and O–H groups in total. The molecule has 0 amide bonds. The van der Waals surface area contributed by atoms with E-state index < -0.39 is 5.95 Å². The van der Waals surface area contributed by atoms with Gasteiger partial charge in [0.05, 0.1) is 5.52 Å². The predicted octanol–water partition coefficient (Wildman–Crippen LogP) is 2.68. The monoisotopic (exact) mass is 161 g/mol. The molecule has 2 rings (SSSR count). The lowest BCUT2D eigenvalue weighted by atomic mass is 10.1. The molecule has 1 heterocycles. The van der Waals surface area contributed by atoms with Crippen molar-refractivity contribution < 1.29 is 4.39 Å². The van der Waals surface area contributed by atoms with Crippen molar-refractivity contribution in [2.24, 2.45) is 0 Å². The summed E-state index contributed by atoms with van der Waals surface area (Å²) in [5.74, 6) is -0.420. The molecule has 0 spiro atoms. The van der Waals surface area contributed by atoms with Gasteiger partial charge in [-0.25, -0.2) is 4.98 Å². The minimum atomic E-state index is -0.420. The Morgan fingerprint density at radius 2 is 2.00 bits per heavy atom. The van der Waals surface area contributed by atoms with Crippen LogP contribution in [0.4, 0.5) is 4.39 Å². The van der Waals surface area contributed by atoms with Gasteiger partial charge in [0.1, 0.15) is 0 Å². The molecule has 2 aromatic rings. The zero-order valence-corrected chi connectivity index (χ0v) is 6.71. The van der Waals surface area contributed by atoms with E-state index in [1.54, 1.807) is 6.07 Å². The van der Waals surface area contributed by atoms with Crippen LogP contribution < -0.4 is 0 Å². The highest BCUT2D eigenvalue weighted by Crippen LogP contribution is 2.15. The van der Waals surface area contributed by atoms with E-state index in [4.69, 9.17) is 0 Å². The van der Waals surface area contributed by atoms with E-state index in [-0.39, 0.29) is 0 Å². The Bertz CT molecular complexity index is 423. The fraction of sp³-hybridized carbons (Fsp3) is 0.100. The minimum Gasteiger partial charge on any atom is -0.219 e. The highest BCUT2D eigenvalue weighted by molar-refractivity contribution is 5.81. The van der Waals surface area contributed by atoms with Gasteiger partial charge in [-0.1, -0.05) is 18.2 Å². The second-order valence-electron chi connectivity index (χ2n) is 2.78. The van der Waals surface area contributed by atoms with Crippen molar-refractivity contribution in [3.05, 3.63) is 41.8 Å². The van der Waals surface area contributed by atoms with Gasteiger partial charge in [0, 0.05) is 5.39 Å². The van der Waals surface area contributed by atoms with Gasteiger partial charge in [-0.2, -0.15) is 4.39 Å². The maximum absolute atomic E-state index is 12.7. The van der Waals surface area contributed by atoms with Gasteiger partial charge < -0.3 is 0 Å². The van der Waals surface area contributed by atoms with Crippen LogP contribution in [-0.2, 0) is 0 Å². The molecule has 0 fully saturated rings. The maximum atomic E-state index is 12.7. The molecule has 0 aliphatic rings. The van der Waals surface area contributed by atoms with Crippen LogP contribution in [0.5, 0.6) is 0 Å². The fourth-order valence-electron chi connectivity index (χ4n) is 1.27. The molecule has 1 aromatic carbocycles. The molecule has 1 aromatic heterocycles. The Hall–Kier alpha value is -1.44. The first-order chi connectivity index (χ1) is 5.77. The summed E-state index contributed by atoms with van der Waals surface area (Å²) in [4.78, 5) is 3.81. The molecule has 2 heteroatoms. The van der Waals surface area contributed by atoms with Crippen molar-refractivity contribution >= 4 is 10.9 Å². The van der Waals surface area contributed by atoms with Crippen LogP contribution >= 0.6 is 0 Å². The zero-order chi connectivity index (χ0) is 8.55. The first kappa shape index (κ1) is 7.22. The van der Waals surface area contributed by atoms with Crippen molar-refractivity contribution in [2.45, 2.75) is 6.92 Å². The van der Waals surface area contributed by atoms with Crippen molar-refractivity contribution in [2.75, 3.05) is 0 Å². The second-order valence-corrected chi connectivity index (χ2v) is 2.78. The van der Waals surface area contributed by atoms with E-state index in [1.807, 2.05) is 25.1 Å². The molecule has 0 radical (unpaired) electrons. The number of hydrogen-bond donors (Lipinski definition) is 0. The highest BCUT2D eigenvalue weighted by Gasteiger charge is 1.98. The largest absolute Gasteiger partial charge is 0.219 e. The predicted molar refractivity (Wildman–Crippen MR) is 46.4 cm³/mol. The molecule has 0 saturated carbocycles. The Balaban J connectivity index is 2.88. The third-order valence-electron chi connectivity index (χ3n) is 1.89. The first-order valence-electron chi connectivity index (χ1n) is 3.79. The summed E-state index contributed by atoms with van der Waals surface area (Å²) in [5, 5.41) is 0.983. The third kappa shape index (κ3) is 1.05. The van der Waals surface area contributed by atoms with Crippen LogP contribution in [0.2, 0.25) is 0 Å². The maximum Gasteiger partial charge on any atom is 0.213 e. The Morgan fingerprint density at radius 1 is 1.17 bits per heavy atom. The minimum absolute atomic E-state index is 0.420. The topological polar surface area (TPSA) is 12.9 Å². The molecular formula is C10H8FN. The van der Waals surface area contributed by atoms with E-state index in [9.17, 15) is 4.39 Å². The van der Waals surface area contributed by atoms with Crippen LogP contribution in [0.15, 0.2) is 30.3 Å². The molecule has 0 aliphatic heterocycles. The van der Waals surface area contributed by atoms with Crippen molar-refractivity contribution in [1.29, 1.82) is 0 Å². The summed E-state index contributed by atoms with van der Waals surface area (Å²) in [7, 11) is 0. The lowest BCUT2D eigenvalue weighted by molar-refractivity contribution is 0.589. The molecule has 60 valence electrons. The van der Waals surface area contributed by atoms with Crippen LogP contribution in [0.3, 0.4) is 0 Å². The molecule has 12 heavy (non-hydrogen) atoms. The van der Waals surface area contributed by atoms with Gasteiger partial charge in [0.15, 0.2) is 0 Å². The molecule has 0 unspecified atom stereocenters. The standard InChI is InChI=1S/C10H8FN/c1-7-3-2-4-8-5-6-9(11)12-10(7)8/h2-6H,1H3. The molecular weight excluding hydrogens is 153 g/mol. The van der Waals surface area contributed by atoms with Gasteiger partial charge in [0.25, 0.3) is 0 Å². The number of halogens is 1. The number of aryl methyl sites for hydroxylation is 1. The molecule has 0 aliphatic carbocycles. The van der Waals surface area contributed by atoms with Gasteiger partial charge in [0.2, 0.25) is 5.95 Å². The fourth-order valence-corrected chi connectivity index (χ4v) is 1.27. The number of pyridine rings is 1.